The van der Waals surface area contributed by atoms with E-state index in [9.17, 15) is 0 Å². The van der Waals surface area contributed by atoms with Crippen molar-refractivity contribution in [2.45, 2.75) is 41.5 Å². The van der Waals surface area contributed by atoms with E-state index in [1.165, 1.54) is 60.9 Å². The number of ether oxygens (including phenoxy) is 1. The van der Waals surface area contributed by atoms with Gasteiger partial charge in [-0.3, -0.25) is 4.98 Å². The quantitative estimate of drug-likeness (QED) is 0.210. The van der Waals surface area contributed by atoms with Crippen molar-refractivity contribution in [3.63, 3.8) is 0 Å². The Morgan fingerprint density at radius 2 is 1.07 bits per heavy atom. The molecule has 0 atom stereocenters. The van der Waals surface area contributed by atoms with Crippen LogP contribution in [0.1, 0.15) is 33.4 Å². The number of benzene rings is 5. The first-order valence-electron chi connectivity index (χ1n) is 14.8. The zero-order valence-electron chi connectivity index (χ0n) is 25.2. The predicted octanol–water partition coefficient (Wildman–Crippen LogP) is 8.04. The van der Waals surface area contributed by atoms with Crippen LogP contribution in [0, 0.1) is 41.5 Å². The first-order valence-corrected chi connectivity index (χ1v) is 14.8. The standard InChI is InChI=1S/C39H34BNO/c1-23-10-7-11-24(2)37(23)40(38-25(3)12-8-13-26(38)4)39-27(5)20-30(21-28(39)6)29-16-17-31-32-14-9-15-33-36(32)34(18-19-41-33)42-35(31)22-29/h7-22H,1-6H3. The Morgan fingerprint density at radius 1 is 0.500 bits per heavy atom. The Balaban J connectivity index is 1.38. The fraction of sp³-hybridized carbons (Fsp3) is 0.154. The van der Waals surface area contributed by atoms with Gasteiger partial charge in [-0.05, 0) is 82.5 Å². The Morgan fingerprint density at radius 3 is 1.69 bits per heavy atom. The largest absolute Gasteiger partial charge is 0.456 e. The number of hydrogen-bond donors (Lipinski definition) is 0. The zero-order chi connectivity index (χ0) is 29.1. The summed E-state index contributed by atoms with van der Waals surface area (Å²) in [6, 6.07) is 33.0. The molecule has 0 N–H and O–H groups in total. The lowest BCUT2D eigenvalue weighted by Gasteiger charge is -2.27. The van der Waals surface area contributed by atoms with E-state index in [2.05, 4.69) is 125 Å². The lowest BCUT2D eigenvalue weighted by molar-refractivity contribution is 0.487. The highest BCUT2D eigenvalue weighted by molar-refractivity contribution is 6.97. The Hall–Kier alpha value is -4.63. The third kappa shape index (κ3) is 4.15. The predicted molar refractivity (Wildman–Crippen MR) is 179 cm³/mol. The van der Waals surface area contributed by atoms with Crippen molar-refractivity contribution in [1.82, 2.24) is 4.98 Å². The molecule has 1 aliphatic rings. The van der Waals surface area contributed by atoms with Gasteiger partial charge < -0.3 is 4.74 Å². The third-order valence-electron chi connectivity index (χ3n) is 9.10. The molecule has 0 saturated heterocycles. The van der Waals surface area contributed by atoms with Crippen molar-refractivity contribution in [1.29, 1.82) is 0 Å². The molecule has 6 aromatic rings. The first kappa shape index (κ1) is 26.3. The van der Waals surface area contributed by atoms with Crippen molar-refractivity contribution in [3.8, 4) is 33.8 Å². The van der Waals surface area contributed by atoms with Crippen LogP contribution >= 0.6 is 0 Å². The Kier molecular flexibility index (Phi) is 6.28. The van der Waals surface area contributed by atoms with Crippen LogP contribution < -0.4 is 21.1 Å². The normalized spacial score (nSPS) is 11.8. The van der Waals surface area contributed by atoms with E-state index in [4.69, 9.17) is 4.74 Å². The molecule has 0 radical (unpaired) electrons. The highest BCUT2D eigenvalue weighted by Gasteiger charge is 2.30. The first-order chi connectivity index (χ1) is 20.3. The van der Waals surface area contributed by atoms with Crippen LogP contribution in [0.3, 0.4) is 0 Å². The average Bonchev–Trinajstić information content (AvgIpc) is 2.96. The summed E-state index contributed by atoms with van der Waals surface area (Å²) in [6.45, 7) is 13.7. The van der Waals surface area contributed by atoms with Gasteiger partial charge in [0, 0.05) is 11.8 Å². The van der Waals surface area contributed by atoms with Gasteiger partial charge in [0.25, 0.3) is 0 Å². The van der Waals surface area contributed by atoms with E-state index >= 15 is 0 Å². The Bertz CT molecular complexity index is 1920. The highest BCUT2D eigenvalue weighted by Crippen LogP contribution is 2.46. The molecule has 0 amide bonds. The van der Waals surface area contributed by atoms with E-state index in [-0.39, 0.29) is 6.71 Å². The molecule has 1 aliphatic heterocycles. The highest BCUT2D eigenvalue weighted by atomic mass is 16.5. The average molecular weight is 544 g/mol. The van der Waals surface area contributed by atoms with E-state index < -0.39 is 0 Å². The van der Waals surface area contributed by atoms with E-state index in [0.29, 0.717) is 0 Å². The summed E-state index contributed by atoms with van der Waals surface area (Å²) in [5.41, 5.74) is 17.8. The lowest BCUT2D eigenvalue weighted by Crippen LogP contribution is -2.57. The molecule has 0 saturated carbocycles. The molecular formula is C39H34BNO. The Labute approximate surface area is 249 Å². The molecule has 0 unspecified atom stereocenters. The van der Waals surface area contributed by atoms with E-state index in [1.807, 2.05) is 18.3 Å². The van der Waals surface area contributed by atoms with Crippen LogP contribution in [0.2, 0.25) is 0 Å². The maximum atomic E-state index is 6.46. The van der Waals surface area contributed by atoms with Crippen LogP contribution in [-0.4, -0.2) is 11.7 Å². The topological polar surface area (TPSA) is 22.1 Å². The molecule has 5 aromatic carbocycles. The monoisotopic (exact) mass is 543 g/mol. The molecule has 2 heterocycles. The van der Waals surface area contributed by atoms with Gasteiger partial charge in [0.1, 0.15) is 11.5 Å². The number of pyridine rings is 1. The second-order valence-electron chi connectivity index (χ2n) is 11.9. The fourth-order valence-corrected chi connectivity index (χ4v) is 7.21. The van der Waals surface area contributed by atoms with Gasteiger partial charge in [0.05, 0.1) is 10.9 Å². The van der Waals surface area contributed by atoms with Crippen molar-refractivity contribution in [2.24, 2.45) is 0 Å². The molecule has 1 aromatic heterocycles. The van der Waals surface area contributed by atoms with Crippen molar-refractivity contribution in [2.75, 3.05) is 0 Å². The molecular weight excluding hydrogens is 509 g/mol. The van der Waals surface area contributed by atoms with Gasteiger partial charge in [-0.2, -0.15) is 0 Å². The number of aromatic nitrogens is 1. The number of rotatable bonds is 4. The van der Waals surface area contributed by atoms with E-state index in [0.717, 1.165) is 33.5 Å². The van der Waals surface area contributed by atoms with Crippen LogP contribution in [-0.2, 0) is 0 Å². The van der Waals surface area contributed by atoms with Crippen LogP contribution in [0.4, 0.5) is 0 Å². The zero-order valence-corrected chi connectivity index (χ0v) is 25.2. The number of nitrogens with zero attached hydrogens (tertiary/aromatic N) is 1. The summed E-state index contributed by atoms with van der Waals surface area (Å²) in [5, 5.41) is 1.08. The summed E-state index contributed by atoms with van der Waals surface area (Å²) in [7, 11) is 0. The van der Waals surface area contributed by atoms with Crippen molar-refractivity contribution >= 4 is 34.0 Å². The second-order valence-corrected chi connectivity index (χ2v) is 11.9. The maximum Gasteiger partial charge on any atom is 0.243 e. The van der Waals surface area contributed by atoms with E-state index in [1.54, 1.807) is 0 Å². The van der Waals surface area contributed by atoms with Gasteiger partial charge in [-0.15, -0.1) is 0 Å². The molecule has 2 nitrogen and oxygen atoms in total. The maximum absolute atomic E-state index is 6.46. The lowest BCUT2D eigenvalue weighted by atomic mass is 9.33. The van der Waals surface area contributed by atoms with Gasteiger partial charge in [0.15, 0.2) is 0 Å². The summed E-state index contributed by atoms with van der Waals surface area (Å²) in [4.78, 5) is 4.55. The summed E-state index contributed by atoms with van der Waals surface area (Å²) < 4.78 is 6.46. The number of fused-ring (bicyclic) bond motifs is 2. The molecule has 42 heavy (non-hydrogen) atoms. The van der Waals surface area contributed by atoms with Crippen molar-refractivity contribution in [3.05, 3.63) is 131 Å². The minimum atomic E-state index is 0.166. The molecule has 7 rings (SSSR count). The molecule has 0 bridgehead atoms. The summed E-state index contributed by atoms with van der Waals surface area (Å²) in [5.74, 6) is 1.76. The molecule has 0 spiro atoms. The third-order valence-corrected chi connectivity index (χ3v) is 9.10. The van der Waals surface area contributed by atoms with Crippen LogP contribution in [0.25, 0.3) is 33.2 Å². The van der Waals surface area contributed by atoms with Gasteiger partial charge in [-0.1, -0.05) is 116 Å². The minimum absolute atomic E-state index is 0.166. The summed E-state index contributed by atoms with van der Waals surface area (Å²) in [6.07, 6.45) is 1.82. The van der Waals surface area contributed by atoms with Gasteiger partial charge in [0.2, 0.25) is 6.71 Å². The van der Waals surface area contributed by atoms with Gasteiger partial charge in [-0.25, -0.2) is 0 Å². The molecule has 3 heteroatoms. The van der Waals surface area contributed by atoms with Gasteiger partial charge >= 0.3 is 0 Å². The smallest absolute Gasteiger partial charge is 0.243 e. The fourth-order valence-electron chi connectivity index (χ4n) is 7.21. The molecule has 0 fully saturated rings. The summed E-state index contributed by atoms with van der Waals surface area (Å²) >= 11 is 0. The second kappa shape index (κ2) is 10.0. The number of hydrogen-bond acceptors (Lipinski definition) is 2. The molecule has 204 valence electrons. The van der Waals surface area contributed by atoms with Crippen molar-refractivity contribution < 1.29 is 4.74 Å². The van der Waals surface area contributed by atoms with Crippen LogP contribution in [0.15, 0.2) is 97.2 Å². The number of aryl methyl sites for hydroxylation is 6. The SMILES string of the molecule is Cc1cccc(C)c1B(c1c(C)cccc1C)c1c(C)cc(-c2ccc3c(c2)Oc2ccnc4cccc-3c24)cc1C. The molecule has 0 aliphatic carbocycles. The minimum Gasteiger partial charge on any atom is -0.456 e. The van der Waals surface area contributed by atoms with Crippen LogP contribution in [0.5, 0.6) is 11.5 Å².